The van der Waals surface area contributed by atoms with Crippen LogP contribution in [0.5, 0.6) is 5.75 Å². The third-order valence-corrected chi connectivity index (χ3v) is 3.78. The highest BCUT2D eigenvalue weighted by molar-refractivity contribution is 5.69. The van der Waals surface area contributed by atoms with E-state index in [9.17, 15) is 4.79 Å². The van der Waals surface area contributed by atoms with E-state index < -0.39 is 5.97 Å². The number of methoxy groups -OCH3 is 1. The number of fused-ring (bicyclic) bond motifs is 1. The number of hydrogen-bond acceptors (Lipinski definition) is 3. The molecule has 108 valence electrons. The number of nitrogens with zero attached hydrogens (tertiary/aromatic N) is 1. The van der Waals surface area contributed by atoms with Crippen molar-refractivity contribution in [3.8, 4) is 5.75 Å². The van der Waals surface area contributed by atoms with Gasteiger partial charge >= 0.3 is 5.97 Å². The molecule has 0 saturated heterocycles. The van der Waals surface area contributed by atoms with Crippen LogP contribution >= 0.6 is 0 Å². The summed E-state index contributed by atoms with van der Waals surface area (Å²) in [5.74, 6) is 0.0605. The molecule has 0 amide bonds. The summed E-state index contributed by atoms with van der Waals surface area (Å²) >= 11 is 0. The zero-order valence-electron chi connectivity index (χ0n) is 11.8. The summed E-state index contributed by atoms with van der Waals surface area (Å²) in [5.41, 5.74) is 2.49. The van der Waals surface area contributed by atoms with Gasteiger partial charge in [-0.1, -0.05) is 12.1 Å². The van der Waals surface area contributed by atoms with Crippen LogP contribution in [0.4, 0.5) is 0 Å². The molecule has 1 aliphatic rings. The SMILES string of the molecule is C=CCN(CC(=O)O)C1CCCc2cc(OC)ccc21. The fraction of sp³-hybridized carbons (Fsp3) is 0.438. The molecule has 1 aliphatic carbocycles. The van der Waals surface area contributed by atoms with Gasteiger partial charge in [-0.3, -0.25) is 9.69 Å². The minimum atomic E-state index is -0.799. The van der Waals surface area contributed by atoms with E-state index >= 15 is 0 Å². The van der Waals surface area contributed by atoms with Gasteiger partial charge in [0.05, 0.1) is 13.7 Å². The lowest BCUT2D eigenvalue weighted by atomic mass is 9.86. The van der Waals surface area contributed by atoms with Crippen LogP contribution in [-0.4, -0.2) is 36.2 Å². The zero-order chi connectivity index (χ0) is 14.5. The first-order chi connectivity index (χ1) is 9.65. The van der Waals surface area contributed by atoms with Crippen LogP contribution in [0.3, 0.4) is 0 Å². The van der Waals surface area contributed by atoms with Crippen LogP contribution in [0.25, 0.3) is 0 Å². The fourth-order valence-corrected chi connectivity index (χ4v) is 2.91. The molecule has 0 saturated carbocycles. The van der Waals surface area contributed by atoms with Gasteiger partial charge in [-0.25, -0.2) is 0 Å². The van der Waals surface area contributed by atoms with Crippen LogP contribution in [0.15, 0.2) is 30.9 Å². The molecule has 0 fully saturated rings. The number of benzene rings is 1. The summed E-state index contributed by atoms with van der Waals surface area (Å²) in [6, 6.07) is 6.23. The Morgan fingerprint density at radius 2 is 2.40 bits per heavy atom. The first-order valence-corrected chi connectivity index (χ1v) is 6.89. The molecule has 0 aromatic heterocycles. The number of ether oxygens (including phenoxy) is 1. The third-order valence-electron chi connectivity index (χ3n) is 3.78. The maximum absolute atomic E-state index is 11.0. The normalized spacial score (nSPS) is 17.6. The third kappa shape index (κ3) is 3.20. The van der Waals surface area contributed by atoms with Gasteiger partial charge < -0.3 is 9.84 Å². The number of aryl methyl sites for hydroxylation is 1. The van der Waals surface area contributed by atoms with Crippen molar-refractivity contribution in [2.45, 2.75) is 25.3 Å². The molecule has 1 aromatic rings. The van der Waals surface area contributed by atoms with Gasteiger partial charge in [-0.05, 0) is 42.5 Å². The Labute approximate surface area is 119 Å². The zero-order valence-corrected chi connectivity index (χ0v) is 11.8. The van der Waals surface area contributed by atoms with Crippen LogP contribution in [-0.2, 0) is 11.2 Å². The van der Waals surface area contributed by atoms with Crippen molar-refractivity contribution < 1.29 is 14.6 Å². The molecule has 2 rings (SSSR count). The number of carboxylic acids is 1. The topological polar surface area (TPSA) is 49.8 Å². The van der Waals surface area contributed by atoms with E-state index in [0.29, 0.717) is 6.54 Å². The fourth-order valence-electron chi connectivity index (χ4n) is 2.91. The number of carboxylic acid groups (broad SMARTS) is 1. The molecule has 0 bridgehead atoms. The molecular weight excluding hydrogens is 254 g/mol. The Bertz CT molecular complexity index is 498. The molecular formula is C16H21NO3. The average Bonchev–Trinajstić information content (AvgIpc) is 2.45. The molecule has 1 aromatic carbocycles. The molecule has 1 atom stereocenters. The highest BCUT2D eigenvalue weighted by Crippen LogP contribution is 2.35. The summed E-state index contributed by atoms with van der Waals surface area (Å²) in [5, 5.41) is 9.08. The van der Waals surface area contributed by atoms with Gasteiger partial charge in [0.1, 0.15) is 5.75 Å². The van der Waals surface area contributed by atoms with E-state index in [0.717, 1.165) is 25.0 Å². The lowest BCUT2D eigenvalue weighted by Gasteiger charge is -2.34. The summed E-state index contributed by atoms with van der Waals surface area (Å²) in [6.07, 6.45) is 4.84. The highest BCUT2D eigenvalue weighted by Gasteiger charge is 2.26. The Balaban J connectivity index is 2.29. The van der Waals surface area contributed by atoms with Crippen molar-refractivity contribution in [1.82, 2.24) is 4.90 Å². The van der Waals surface area contributed by atoms with Crippen molar-refractivity contribution >= 4 is 5.97 Å². The summed E-state index contributed by atoms with van der Waals surface area (Å²) in [6.45, 7) is 4.36. The average molecular weight is 275 g/mol. The Hall–Kier alpha value is -1.81. The second kappa shape index (κ2) is 6.57. The highest BCUT2D eigenvalue weighted by atomic mass is 16.5. The van der Waals surface area contributed by atoms with Crippen molar-refractivity contribution in [3.05, 3.63) is 42.0 Å². The van der Waals surface area contributed by atoms with Crippen molar-refractivity contribution in [3.63, 3.8) is 0 Å². The monoisotopic (exact) mass is 275 g/mol. The number of aliphatic carboxylic acids is 1. The van der Waals surface area contributed by atoms with E-state index in [1.165, 1.54) is 11.1 Å². The van der Waals surface area contributed by atoms with E-state index in [1.54, 1.807) is 13.2 Å². The van der Waals surface area contributed by atoms with E-state index in [1.807, 2.05) is 11.0 Å². The second-order valence-corrected chi connectivity index (χ2v) is 5.08. The molecule has 1 unspecified atom stereocenters. The summed E-state index contributed by atoms with van der Waals surface area (Å²) in [4.78, 5) is 13.0. The van der Waals surface area contributed by atoms with Gasteiger partial charge in [0.25, 0.3) is 0 Å². The van der Waals surface area contributed by atoms with Crippen molar-refractivity contribution in [2.24, 2.45) is 0 Å². The molecule has 0 aliphatic heterocycles. The van der Waals surface area contributed by atoms with Crippen LogP contribution in [0, 0.1) is 0 Å². The second-order valence-electron chi connectivity index (χ2n) is 5.08. The lowest BCUT2D eigenvalue weighted by molar-refractivity contribution is -0.138. The number of rotatable bonds is 6. The van der Waals surface area contributed by atoms with E-state index in [4.69, 9.17) is 9.84 Å². The summed E-state index contributed by atoms with van der Waals surface area (Å²) < 4.78 is 5.26. The van der Waals surface area contributed by atoms with Crippen molar-refractivity contribution in [1.29, 1.82) is 0 Å². The molecule has 0 heterocycles. The van der Waals surface area contributed by atoms with E-state index in [2.05, 4.69) is 18.7 Å². The first kappa shape index (κ1) is 14.6. The maximum atomic E-state index is 11.0. The van der Waals surface area contributed by atoms with Crippen molar-refractivity contribution in [2.75, 3.05) is 20.2 Å². The first-order valence-electron chi connectivity index (χ1n) is 6.89. The quantitative estimate of drug-likeness (QED) is 0.811. The van der Waals surface area contributed by atoms with E-state index in [-0.39, 0.29) is 12.6 Å². The van der Waals surface area contributed by atoms with Gasteiger partial charge in [0.15, 0.2) is 0 Å². The molecule has 1 N–H and O–H groups in total. The largest absolute Gasteiger partial charge is 0.497 e. The maximum Gasteiger partial charge on any atom is 0.317 e. The smallest absolute Gasteiger partial charge is 0.317 e. The van der Waals surface area contributed by atoms with Crippen LogP contribution in [0.1, 0.15) is 30.0 Å². The Kier molecular flexibility index (Phi) is 4.79. The molecule has 0 radical (unpaired) electrons. The Morgan fingerprint density at radius 3 is 3.05 bits per heavy atom. The summed E-state index contributed by atoms with van der Waals surface area (Å²) in [7, 11) is 1.66. The van der Waals surface area contributed by atoms with Crippen LogP contribution < -0.4 is 4.74 Å². The molecule has 20 heavy (non-hydrogen) atoms. The minimum Gasteiger partial charge on any atom is -0.497 e. The van der Waals surface area contributed by atoms with Crippen LogP contribution in [0.2, 0.25) is 0 Å². The molecule has 4 nitrogen and oxygen atoms in total. The predicted octanol–water partition coefficient (Wildman–Crippen LogP) is 2.65. The van der Waals surface area contributed by atoms with Gasteiger partial charge in [0, 0.05) is 12.6 Å². The standard InChI is InChI=1S/C16H21NO3/c1-3-9-17(11-16(18)19)15-6-4-5-12-10-13(20-2)7-8-14(12)15/h3,7-8,10,15H,1,4-6,9,11H2,2H3,(H,18,19). The van der Waals surface area contributed by atoms with Gasteiger partial charge in [-0.15, -0.1) is 6.58 Å². The number of hydrogen-bond donors (Lipinski definition) is 1. The Morgan fingerprint density at radius 1 is 1.60 bits per heavy atom. The minimum absolute atomic E-state index is 0.0438. The van der Waals surface area contributed by atoms with Gasteiger partial charge in [-0.2, -0.15) is 0 Å². The molecule has 0 spiro atoms. The molecule has 4 heteroatoms. The number of carbonyl (C=O) groups is 1. The predicted molar refractivity (Wildman–Crippen MR) is 78.1 cm³/mol. The van der Waals surface area contributed by atoms with Gasteiger partial charge in [0.2, 0.25) is 0 Å². The lowest BCUT2D eigenvalue weighted by Crippen LogP contribution is -2.35.